The first kappa shape index (κ1) is 52.5. The number of hydrogen-bond donors (Lipinski definition) is 1. The quantitative estimate of drug-likeness (QED) is 0.152. The number of aryl methyl sites for hydroxylation is 2. The molecule has 9 rings (SSSR count). The molecule has 19 nitrogen and oxygen atoms in total. The highest BCUT2D eigenvalue weighted by Gasteiger charge is 2.37. The van der Waals surface area contributed by atoms with Crippen molar-refractivity contribution in [2.75, 3.05) is 26.2 Å². The van der Waals surface area contributed by atoms with E-state index in [-0.39, 0.29) is 64.2 Å². The minimum absolute atomic E-state index is 0.0450. The fraction of sp³-hybridized carbons (Fsp3) is 0.442. The molecule has 388 valence electrons. The van der Waals surface area contributed by atoms with Crippen molar-refractivity contribution in [1.82, 2.24) is 47.4 Å². The normalized spacial score (nSPS) is 18.9. The summed E-state index contributed by atoms with van der Waals surface area (Å²) in [6.45, 7) is 21.0. The number of amides is 3. The molecule has 2 aliphatic heterocycles. The second-order valence-electron chi connectivity index (χ2n) is 21.1. The van der Waals surface area contributed by atoms with Crippen LogP contribution in [0.4, 0.5) is 9.59 Å². The van der Waals surface area contributed by atoms with Crippen LogP contribution in [-0.4, -0.2) is 114 Å². The third-order valence-electron chi connectivity index (χ3n) is 13.1. The van der Waals surface area contributed by atoms with Gasteiger partial charge in [-0.05, 0) is 116 Å². The van der Waals surface area contributed by atoms with Crippen LogP contribution in [0.2, 0.25) is 0 Å². The van der Waals surface area contributed by atoms with Crippen LogP contribution in [0.1, 0.15) is 96.8 Å². The zero-order valence-corrected chi connectivity index (χ0v) is 44.6. The van der Waals surface area contributed by atoms with Gasteiger partial charge in [-0.3, -0.25) is 9.20 Å². The summed E-state index contributed by atoms with van der Waals surface area (Å²) < 4.78 is 68.3. The highest BCUT2D eigenvalue weighted by molar-refractivity contribution is 7.90. The lowest BCUT2D eigenvalue weighted by Crippen LogP contribution is -2.49. The van der Waals surface area contributed by atoms with E-state index >= 15 is 0 Å². The van der Waals surface area contributed by atoms with Gasteiger partial charge in [0.25, 0.3) is 20.0 Å². The Kier molecular flexibility index (Phi) is 14.5. The molecule has 0 bridgehead atoms. The molecule has 1 N–H and O–H groups in total. The average Bonchev–Trinajstić information content (AvgIpc) is 4.08. The number of piperidine rings is 2. The molecule has 0 spiro atoms. The predicted octanol–water partition coefficient (Wildman–Crippen LogP) is 8.08. The van der Waals surface area contributed by atoms with Crippen LogP contribution in [0.15, 0.2) is 101 Å². The Labute approximate surface area is 426 Å². The number of nitrogens with one attached hydrogen (secondary N) is 1. The summed E-state index contributed by atoms with van der Waals surface area (Å²) in [5, 5.41) is 2.89. The highest BCUT2D eigenvalue weighted by Crippen LogP contribution is 2.35. The smallest absolute Gasteiger partial charge is 0.410 e. The average molecular weight is 1040 g/mol. The molecule has 73 heavy (non-hydrogen) atoms. The maximum Gasteiger partial charge on any atom is 0.410 e. The van der Waals surface area contributed by atoms with Crippen LogP contribution in [0.3, 0.4) is 0 Å². The number of hydrogen-bond acceptors (Lipinski definition) is 13. The van der Waals surface area contributed by atoms with Crippen LogP contribution in [0.25, 0.3) is 27.8 Å². The lowest BCUT2D eigenvalue weighted by molar-refractivity contribution is -0.128. The molecule has 7 aromatic rings. The van der Waals surface area contributed by atoms with E-state index in [0.29, 0.717) is 48.4 Å². The van der Waals surface area contributed by atoms with Gasteiger partial charge in [-0.25, -0.2) is 54.3 Å². The van der Waals surface area contributed by atoms with Gasteiger partial charge in [-0.1, -0.05) is 49.2 Å². The van der Waals surface area contributed by atoms with E-state index in [1.165, 1.54) is 22.6 Å². The Bertz CT molecular complexity index is 3410. The second-order valence-corrected chi connectivity index (χ2v) is 24.7. The van der Waals surface area contributed by atoms with Gasteiger partial charge in [0.05, 0.1) is 57.6 Å². The monoisotopic (exact) mass is 1040 g/mol. The fourth-order valence-electron chi connectivity index (χ4n) is 8.97. The number of benzene rings is 2. The lowest BCUT2D eigenvalue weighted by atomic mass is 9.86. The largest absolute Gasteiger partial charge is 0.444 e. The van der Waals surface area contributed by atoms with Crippen molar-refractivity contribution in [1.29, 1.82) is 0 Å². The molecular weight excluding hydrogens is 973 g/mol. The summed E-state index contributed by atoms with van der Waals surface area (Å²) in [6, 6.07) is 16.7. The number of carbonyl (C=O) groups excluding carboxylic acids is 3. The van der Waals surface area contributed by atoms with E-state index in [2.05, 4.69) is 27.2 Å². The van der Waals surface area contributed by atoms with Gasteiger partial charge in [0, 0.05) is 44.5 Å². The number of ether oxygens (including phenoxy) is 2. The van der Waals surface area contributed by atoms with E-state index in [1.807, 2.05) is 66.7 Å². The van der Waals surface area contributed by atoms with E-state index in [0.717, 1.165) is 32.9 Å². The molecule has 2 aromatic carbocycles. The lowest BCUT2D eigenvalue weighted by Gasteiger charge is -2.37. The summed E-state index contributed by atoms with van der Waals surface area (Å²) in [5.74, 6) is 0.560. The number of likely N-dealkylation sites (tertiary alicyclic amines) is 2. The molecule has 0 saturated carbocycles. The maximum atomic E-state index is 13.4. The van der Waals surface area contributed by atoms with Crippen LogP contribution in [-0.2, 0) is 40.9 Å². The molecule has 2 aliphatic rings. The van der Waals surface area contributed by atoms with E-state index in [4.69, 9.17) is 14.5 Å². The topological polar surface area (TPSA) is 222 Å². The highest BCUT2D eigenvalue weighted by atomic mass is 32.2. The van der Waals surface area contributed by atoms with Crippen molar-refractivity contribution >= 4 is 66.0 Å². The van der Waals surface area contributed by atoms with Gasteiger partial charge < -0.3 is 24.6 Å². The standard InChI is InChI=1S/C26H33N5O5S.C26H31N5O4S/c1-17-6-8-20(9-7-17)37(34,35)31-13-11-22-23(31)27-14-19(29-22)15-28-24(32)21-16-30(12-10-18(21)2)25(33)36-26(3,4)5;1-17-6-8-20(9-7-17)36(33,34)30-13-11-22-24(30)28-15-19-14-27-23(31(19)22)21-16-29(12-10-18(21)2)25(32)35-26(3,4)5/h6-9,11,13-14,18,21H,10,12,15-16H2,1-5H3,(H,28,32);6-9,11,13-15,18,21H,10,12,16H2,1-5H3/t2*18-,21+/m11/s1. The van der Waals surface area contributed by atoms with E-state index < -0.39 is 37.3 Å². The number of rotatable bonds is 8. The predicted molar refractivity (Wildman–Crippen MR) is 275 cm³/mol. The van der Waals surface area contributed by atoms with Gasteiger partial charge in [0.15, 0.2) is 11.3 Å². The van der Waals surface area contributed by atoms with E-state index in [1.54, 1.807) is 82.9 Å². The molecule has 2 fully saturated rings. The zero-order valence-electron chi connectivity index (χ0n) is 42.9. The Balaban J connectivity index is 0.000000195. The van der Waals surface area contributed by atoms with Crippen molar-refractivity contribution in [3.63, 3.8) is 0 Å². The molecule has 5 aromatic heterocycles. The SMILES string of the molecule is Cc1ccc(S(=O)(=O)n2ccc3c2ncc2cnc([C@H]4CN(C(=O)OC(C)(C)C)CC[C@H]4C)n23)cc1.Cc1ccc(S(=O)(=O)n2ccc3nc(CNC(=O)[C@H]4CN(C(=O)OC(C)(C)C)CC[C@H]4C)cnc32)cc1. The number of aromatic nitrogens is 7. The van der Waals surface area contributed by atoms with Crippen LogP contribution in [0.5, 0.6) is 0 Å². The number of fused-ring (bicyclic) bond motifs is 4. The zero-order chi connectivity index (χ0) is 52.8. The fourth-order valence-corrected chi connectivity index (χ4v) is 11.6. The Hall–Kier alpha value is -6.87. The minimum Gasteiger partial charge on any atom is -0.444 e. The molecule has 3 amide bonds. The van der Waals surface area contributed by atoms with Gasteiger partial charge in [0.1, 0.15) is 22.5 Å². The molecule has 4 atom stereocenters. The molecule has 7 heterocycles. The molecule has 0 unspecified atom stereocenters. The molecule has 21 heteroatoms. The third-order valence-corrected chi connectivity index (χ3v) is 16.4. The van der Waals surface area contributed by atoms with Crippen molar-refractivity contribution in [2.45, 2.75) is 116 Å². The summed E-state index contributed by atoms with van der Waals surface area (Å²) in [6.07, 6.45) is 8.57. The first-order valence-electron chi connectivity index (χ1n) is 24.3. The van der Waals surface area contributed by atoms with Crippen molar-refractivity contribution in [3.8, 4) is 0 Å². The Morgan fingerprint density at radius 3 is 1.74 bits per heavy atom. The number of imidazole rings is 1. The van der Waals surface area contributed by atoms with Gasteiger partial charge in [-0.2, -0.15) is 0 Å². The third kappa shape index (κ3) is 11.4. The maximum absolute atomic E-state index is 13.4. The van der Waals surface area contributed by atoms with E-state index in [9.17, 15) is 31.2 Å². The second kappa shape index (κ2) is 20.2. The van der Waals surface area contributed by atoms with Crippen molar-refractivity contribution < 1.29 is 40.7 Å². The van der Waals surface area contributed by atoms with Crippen LogP contribution in [0, 0.1) is 31.6 Å². The molecule has 2 saturated heterocycles. The Morgan fingerprint density at radius 1 is 0.658 bits per heavy atom. The Morgan fingerprint density at radius 2 is 1.16 bits per heavy atom. The summed E-state index contributed by atoms with van der Waals surface area (Å²) in [4.78, 5) is 59.9. The van der Waals surface area contributed by atoms with Crippen molar-refractivity contribution in [2.24, 2.45) is 17.8 Å². The summed E-state index contributed by atoms with van der Waals surface area (Å²) >= 11 is 0. The van der Waals surface area contributed by atoms with Gasteiger partial charge in [0.2, 0.25) is 5.91 Å². The molecule has 0 aliphatic carbocycles. The van der Waals surface area contributed by atoms with Crippen LogP contribution >= 0.6 is 0 Å². The van der Waals surface area contributed by atoms with Crippen molar-refractivity contribution in [3.05, 3.63) is 114 Å². The minimum atomic E-state index is -3.83. The van der Waals surface area contributed by atoms with Gasteiger partial charge in [-0.15, -0.1) is 0 Å². The first-order chi connectivity index (χ1) is 34.3. The summed E-state index contributed by atoms with van der Waals surface area (Å²) in [7, 11) is -7.65. The van der Waals surface area contributed by atoms with Crippen LogP contribution < -0.4 is 5.32 Å². The molecule has 0 radical (unpaired) electrons. The number of carbonyl (C=O) groups is 3. The summed E-state index contributed by atoms with van der Waals surface area (Å²) in [5.41, 5.74) is 3.64. The first-order valence-corrected chi connectivity index (χ1v) is 27.2. The number of nitrogens with zero attached hydrogens (tertiary/aromatic N) is 9. The molecular formula is C52H64N10O9S2. The van der Waals surface area contributed by atoms with Gasteiger partial charge >= 0.3 is 12.2 Å².